The summed E-state index contributed by atoms with van der Waals surface area (Å²) in [5, 5.41) is 9.08. The van der Waals surface area contributed by atoms with Crippen molar-refractivity contribution in [3.63, 3.8) is 0 Å². The second-order valence-electron chi connectivity index (χ2n) is 2.72. The van der Waals surface area contributed by atoms with E-state index in [1.165, 1.54) is 7.11 Å². The predicted molar refractivity (Wildman–Crippen MR) is 39.1 cm³/mol. The van der Waals surface area contributed by atoms with Crippen molar-refractivity contribution in [3.8, 4) is 0 Å². The first kappa shape index (κ1) is 8.49. The molecule has 4 nitrogen and oxygen atoms in total. The van der Waals surface area contributed by atoms with Crippen molar-refractivity contribution < 1.29 is 14.6 Å². The highest BCUT2D eigenvalue weighted by Crippen LogP contribution is 2.08. The Bertz CT molecular complexity index is 149. The Morgan fingerprint density at radius 1 is 1.82 bits per heavy atom. The van der Waals surface area contributed by atoms with E-state index in [4.69, 9.17) is 5.11 Å². The van der Waals surface area contributed by atoms with Crippen LogP contribution in [0.5, 0.6) is 0 Å². The van der Waals surface area contributed by atoms with Gasteiger partial charge in [0.15, 0.2) is 0 Å². The third-order valence-electron chi connectivity index (χ3n) is 1.78. The van der Waals surface area contributed by atoms with E-state index in [9.17, 15) is 4.79 Å². The molecule has 0 radical (unpaired) electrons. The molecule has 0 aromatic heterocycles. The number of hydrogen-bond donors (Lipinski definition) is 1. The van der Waals surface area contributed by atoms with Crippen LogP contribution >= 0.6 is 0 Å². The van der Waals surface area contributed by atoms with E-state index in [0.717, 1.165) is 0 Å². The number of carbonyl (C=O) groups excluding carboxylic acids is 1. The van der Waals surface area contributed by atoms with Gasteiger partial charge >= 0.3 is 0 Å². The van der Waals surface area contributed by atoms with E-state index in [2.05, 4.69) is 4.74 Å². The van der Waals surface area contributed by atoms with E-state index in [1.54, 1.807) is 4.90 Å². The molecule has 4 heteroatoms. The quantitative estimate of drug-likeness (QED) is 0.575. The van der Waals surface area contributed by atoms with Gasteiger partial charge < -0.3 is 14.7 Å². The number of carbonyl (C=O) groups is 1. The molecule has 1 atom stereocenters. The molecule has 0 saturated carbocycles. The minimum absolute atomic E-state index is 0.0379. The molecule has 1 rings (SSSR count). The van der Waals surface area contributed by atoms with Gasteiger partial charge in [0, 0.05) is 20.2 Å². The smallest absolute Gasteiger partial charge is 0.248 e. The van der Waals surface area contributed by atoms with Crippen molar-refractivity contribution in [2.45, 2.75) is 12.5 Å². The Balaban J connectivity index is 2.31. The van der Waals surface area contributed by atoms with Crippen molar-refractivity contribution in [2.24, 2.45) is 0 Å². The van der Waals surface area contributed by atoms with Gasteiger partial charge in [0.1, 0.15) is 6.61 Å². The number of nitrogens with zero attached hydrogens (tertiary/aromatic N) is 1. The molecule has 0 aliphatic carbocycles. The lowest BCUT2D eigenvalue weighted by Crippen LogP contribution is -2.32. The molecule has 1 aliphatic rings. The fraction of sp³-hybridized carbons (Fsp3) is 0.857. The second-order valence-corrected chi connectivity index (χ2v) is 2.72. The monoisotopic (exact) mass is 159 g/mol. The van der Waals surface area contributed by atoms with Gasteiger partial charge in [0.05, 0.1) is 6.10 Å². The number of amides is 1. The van der Waals surface area contributed by atoms with Gasteiger partial charge in [-0.15, -0.1) is 0 Å². The summed E-state index contributed by atoms with van der Waals surface area (Å²) in [6.45, 7) is 1.23. The Kier molecular flexibility index (Phi) is 2.84. The average molecular weight is 159 g/mol. The number of likely N-dealkylation sites (tertiary alicyclic amines) is 1. The Morgan fingerprint density at radius 3 is 3.00 bits per heavy atom. The third kappa shape index (κ3) is 2.17. The molecule has 1 amide bonds. The molecule has 1 N–H and O–H groups in total. The van der Waals surface area contributed by atoms with Crippen LogP contribution in [0, 0.1) is 0 Å². The molecule has 0 bridgehead atoms. The van der Waals surface area contributed by atoms with Gasteiger partial charge in [-0.2, -0.15) is 0 Å². The number of aliphatic hydroxyl groups is 1. The standard InChI is InChI=1S/C7H13NO3/c1-11-5-7(10)8-3-2-6(9)4-8/h6,9H,2-5H2,1H3/t6-/m1/s1. The second kappa shape index (κ2) is 3.69. The Labute approximate surface area is 65.8 Å². The summed E-state index contributed by atoms with van der Waals surface area (Å²) in [7, 11) is 1.49. The highest BCUT2D eigenvalue weighted by Gasteiger charge is 2.23. The zero-order valence-electron chi connectivity index (χ0n) is 6.62. The fourth-order valence-corrected chi connectivity index (χ4v) is 1.18. The molecule has 64 valence electrons. The van der Waals surface area contributed by atoms with E-state index in [-0.39, 0.29) is 18.6 Å². The summed E-state index contributed by atoms with van der Waals surface area (Å²) in [5.74, 6) is -0.0379. The van der Waals surface area contributed by atoms with Crippen LogP contribution in [0.25, 0.3) is 0 Å². The highest BCUT2D eigenvalue weighted by atomic mass is 16.5. The van der Waals surface area contributed by atoms with E-state index >= 15 is 0 Å². The summed E-state index contributed by atoms with van der Waals surface area (Å²) < 4.78 is 4.68. The zero-order chi connectivity index (χ0) is 8.27. The largest absolute Gasteiger partial charge is 0.391 e. The first-order valence-corrected chi connectivity index (χ1v) is 3.69. The first-order chi connectivity index (χ1) is 5.24. The maximum absolute atomic E-state index is 11.1. The predicted octanol–water partition coefficient (Wildman–Crippen LogP) is -0.774. The minimum atomic E-state index is -0.337. The van der Waals surface area contributed by atoms with E-state index in [1.807, 2.05) is 0 Å². The molecule has 1 fully saturated rings. The number of hydrogen-bond acceptors (Lipinski definition) is 3. The molecule has 1 aliphatic heterocycles. The molecule has 0 aromatic rings. The minimum Gasteiger partial charge on any atom is -0.391 e. The molecular formula is C7H13NO3. The first-order valence-electron chi connectivity index (χ1n) is 3.69. The van der Waals surface area contributed by atoms with Crippen molar-refractivity contribution in [1.82, 2.24) is 4.90 Å². The zero-order valence-corrected chi connectivity index (χ0v) is 6.62. The molecule has 0 spiro atoms. The van der Waals surface area contributed by atoms with Crippen LogP contribution in [0.15, 0.2) is 0 Å². The van der Waals surface area contributed by atoms with Gasteiger partial charge in [0.25, 0.3) is 0 Å². The van der Waals surface area contributed by atoms with Crippen LogP contribution < -0.4 is 0 Å². The molecule has 0 unspecified atom stereocenters. The summed E-state index contributed by atoms with van der Waals surface area (Å²) >= 11 is 0. The number of rotatable bonds is 2. The van der Waals surface area contributed by atoms with Crippen molar-refractivity contribution in [2.75, 3.05) is 26.8 Å². The number of methoxy groups -OCH3 is 1. The number of aliphatic hydroxyl groups excluding tert-OH is 1. The topological polar surface area (TPSA) is 49.8 Å². The van der Waals surface area contributed by atoms with Crippen molar-refractivity contribution >= 4 is 5.91 Å². The third-order valence-corrected chi connectivity index (χ3v) is 1.78. The van der Waals surface area contributed by atoms with Crippen LogP contribution in [-0.4, -0.2) is 48.8 Å². The van der Waals surface area contributed by atoms with Crippen LogP contribution in [-0.2, 0) is 9.53 Å². The van der Waals surface area contributed by atoms with Gasteiger partial charge in [-0.25, -0.2) is 0 Å². The van der Waals surface area contributed by atoms with Crippen LogP contribution in [0.4, 0.5) is 0 Å². The van der Waals surface area contributed by atoms with Crippen molar-refractivity contribution in [3.05, 3.63) is 0 Å². The lowest BCUT2D eigenvalue weighted by molar-refractivity contribution is -0.134. The lowest BCUT2D eigenvalue weighted by atomic mass is 10.3. The molecule has 1 saturated heterocycles. The van der Waals surface area contributed by atoms with E-state index < -0.39 is 0 Å². The van der Waals surface area contributed by atoms with Gasteiger partial charge in [-0.3, -0.25) is 4.79 Å². The summed E-state index contributed by atoms with van der Waals surface area (Å²) in [4.78, 5) is 12.7. The van der Waals surface area contributed by atoms with Gasteiger partial charge in [0.2, 0.25) is 5.91 Å². The SMILES string of the molecule is COCC(=O)N1CC[C@@H](O)C1. The van der Waals surface area contributed by atoms with Gasteiger partial charge in [-0.05, 0) is 6.42 Å². The summed E-state index contributed by atoms with van der Waals surface area (Å²) in [6.07, 6.45) is 0.353. The lowest BCUT2D eigenvalue weighted by Gasteiger charge is -2.13. The highest BCUT2D eigenvalue weighted by molar-refractivity contribution is 5.77. The number of β-amino-alcohol motifs (C(OH)–C–C–N with tert-alkyl or cyclic N) is 1. The van der Waals surface area contributed by atoms with Crippen molar-refractivity contribution in [1.29, 1.82) is 0 Å². The summed E-state index contributed by atoms with van der Waals surface area (Å²) in [5.41, 5.74) is 0. The summed E-state index contributed by atoms with van der Waals surface area (Å²) in [6, 6.07) is 0. The molecular weight excluding hydrogens is 146 g/mol. The van der Waals surface area contributed by atoms with Crippen LogP contribution in [0.3, 0.4) is 0 Å². The average Bonchev–Trinajstić information content (AvgIpc) is 2.36. The maximum atomic E-state index is 11.1. The van der Waals surface area contributed by atoms with Crippen LogP contribution in [0.2, 0.25) is 0 Å². The molecule has 11 heavy (non-hydrogen) atoms. The normalized spacial score (nSPS) is 24.2. The number of ether oxygens (including phenoxy) is 1. The fourth-order valence-electron chi connectivity index (χ4n) is 1.18. The van der Waals surface area contributed by atoms with Gasteiger partial charge in [-0.1, -0.05) is 0 Å². The maximum Gasteiger partial charge on any atom is 0.248 e. The van der Waals surface area contributed by atoms with Crippen LogP contribution in [0.1, 0.15) is 6.42 Å². The molecule has 0 aromatic carbocycles. The molecule has 1 heterocycles. The Morgan fingerprint density at radius 2 is 2.55 bits per heavy atom. The van der Waals surface area contributed by atoms with E-state index in [0.29, 0.717) is 19.5 Å². The Hall–Kier alpha value is -0.610.